The molecule has 1 N–H and O–H groups in total. The van der Waals surface area contributed by atoms with Crippen molar-refractivity contribution in [1.82, 2.24) is 9.97 Å². The molecule has 6 heteroatoms. The molecule has 1 saturated carbocycles. The molecule has 0 spiro atoms. The Labute approximate surface area is 132 Å². The van der Waals surface area contributed by atoms with Gasteiger partial charge in [0.05, 0.1) is 5.69 Å². The van der Waals surface area contributed by atoms with Crippen molar-refractivity contribution < 1.29 is 14.6 Å². The number of halogens is 1. The zero-order valence-corrected chi connectivity index (χ0v) is 12.5. The summed E-state index contributed by atoms with van der Waals surface area (Å²) in [6.45, 7) is 0. The first kappa shape index (κ1) is 14.8. The average molecular weight is 319 g/mol. The summed E-state index contributed by atoms with van der Waals surface area (Å²) >= 11 is 6.12. The van der Waals surface area contributed by atoms with Gasteiger partial charge in [-0.15, -0.1) is 11.6 Å². The van der Waals surface area contributed by atoms with Crippen molar-refractivity contribution in [1.29, 1.82) is 0 Å². The number of hydrogen-bond acceptors (Lipinski definition) is 4. The molecule has 0 amide bonds. The minimum Gasteiger partial charge on any atom is -0.490 e. The Kier molecular flexibility index (Phi) is 4.24. The number of para-hydroxylation sites is 1. The number of rotatable bonds is 4. The minimum atomic E-state index is -1.15. The summed E-state index contributed by atoms with van der Waals surface area (Å²) in [5.41, 5.74) is 1.29. The number of aromatic carboxylic acids is 1. The van der Waals surface area contributed by atoms with E-state index >= 15 is 0 Å². The van der Waals surface area contributed by atoms with Crippen LogP contribution in [0.25, 0.3) is 11.3 Å². The lowest BCUT2D eigenvalue weighted by atomic mass is 10.1. The van der Waals surface area contributed by atoms with Gasteiger partial charge in [0.15, 0.2) is 0 Å². The Hall–Kier alpha value is -2.14. The van der Waals surface area contributed by atoms with Crippen molar-refractivity contribution in [3.05, 3.63) is 42.4 Å². The first-order chi connectivity index (χ1) is 10.6. The molecule has 1 aliphatic rings. The molecule has 1 aromatic heterocycles. The van der Waals surface area contributed by atoms with Gasteiger partial charge in [-0.05, 0) is 31.0 Å². The highest BCUT2D eigenvalue weighted by atomic mass is 35.5. The third kappa shape index (κ3) is 3.20. The van der Waals surface area contributed by atoms with E-state index < -0.39 is 5.97 Å². The van der Waals surface area contributed by atoms with Crippen LogP contribution < -0.4 is 4.74 Å². The van der Waals surface area contributed by atoms with Gasteiger partial charge < -0.3 is 9.84 Å². The molecule has 0 bridgehead atoms. The highest BCUT2D eigenvalue weighted by Gasteiger charge is 2.25. The zero-order chi connectivity index (χ0) is 15.5. The fraction of sp³-hybridized carbons (Fsp3) is 0.312. The van der Waals surface area contributed by atoms with Crippen LogP contribution >= 0.6 is 11.6 Å². The molecule has 2 aromatic rings. The lowest BCUT2D eigenvalue weighted by molar-refractivity contribution is 0.0683. The summed E-state index contributed by atoms with van der Waals surface area (Å²) < 4.78 is 6.04. The molecule has 1 fully saturated rings. The highest BCUT2D eigenvalue weighted by molar-refractivity contribution is 6.20. The van der Waals surface area contributed by atoms with E-state index in [1.807, 2.05) is 24.3 Å². The van der Waals surface area contributed by atoms with Gasteiger partial charge in [0.2, 0.25) is 5.82 Å². The van der Waals surface area contributed by atoms with Gasteiger partial charge in [-0.25, -0.2) is 14.8 Å². The van der Waals surface area contributed by atoms with Crippen LogP contribution in [0.15, 0.2) is 36.5 Å². The van der Waals surface area contributed by atoms with Crippen molar-refractivity contribution in [2.75, 3.05) is 0 Å². The highest BCUT2D eigenvalue weighted by Crippen LogP contribution is 2.33. The van der Waals surface area contributed by atoms with Gasteiger partial charge in [-0.3, -0.25) is 0 Å². The molecule has 114 valence electrons. The van der Waals surface area contributed by atoms with Crippen molar-refractivity contribution in [2.24, 2.45) is 0 Å². The summed E-state index contributed by atoms with van der Waals surface area (Å²) in [5.74, 6) is -0.691. The normalized spacial score (nSPS) is 20.8. The Balaban J connectivity index is 1.91. The van der Waals surface area contributed by atoms with E-state index in [0.29, 0.717) is 11.4 Å². The Morgan fingerprint density at radius 3 is 2.82 bits per heavy atom. The largest absolute Gasteiger partial charge is 0.490 e. The number of hydrogen-bond donors (Lipinski definition) is 1. The zero-order valence-electron chi connectivity index (χ0n) is 11.8. The van der Waals surface area contributed by atoms with Gasteiger partial charge >= 0.3 is 5.97 Å². The second kappa shape index (κ2) is 6.32. The summed E-state index contributed by atoms with van der Waals surface area (Å²) in [5, 5.41) is 9.18. The molecule has 2 atom stereocenters. The topological polar surface area (TPSA) is 72.3 Å². The van der Waals surface area contributed by atoms with Crippen LogP contribution in [0.4, 0.5) is 0 Å². The maximum Gasteiger partial charge on any atom is 0.373 e. The second-order valence-corrected chi connectivity index (χ2v) is 5.83. The molecule has 1 aliphatic carbocycles. The van der Waals surface area contributed by atoms with Crippen molar-refractivity contribution >= 4 is 17.6 Å². The van der Waals surface area contributed by atoms with E-state index in [9.17, 15) is 4.79 Å². The Morgan fingerprint density at radius 2 is 2.09 bits per heavy atom. The van der Waals surface area contributed by atoms with Crippen molar-refractivity contribution in [2.45, 2.75) is 30.7 Å². The van der Waals surface area contributed by atoms with Crippen molar-refractivity contribution in [3.8, 4) is 17.0 Å². The monoisotopic (exact) mass is 318 g/mol. The number of aromatic nitrogens is 2. The van der Waals surface area contributed by atoms with Gasteiger partial charge in [-0.2, -0.15) is 0 Å². The van der Waals surface area contributed by atoms with E-state index in [1.165, 1.54) is 6.20 Å². The number of carboxylic acid groups (broad SMARTS) is 1. The van der Waals surface area contributed by atoms with Gasteiger partial charge in [0, 0.05) is 23.6 Å². The number of benzene rings is 1. The molecule has 22 heavy (non-hydrogen) atoms. The van der Waals surface area contributed by atoms with Crippen LogP contribution in [0.3, 0.4) is 0 Å². The summed E-state index contributed by atoms with van der Waals surface area (Å²) in [6.07, 6.45) is 4.22. The summed E-state index contributed by atoms with van der Waals surface area (Å²) in [4.78, 5) is 18.8. The van der Waals surface area contributed by atoms with Crippen LogP contribution in [0.1, 0.15) is 29.9 Å². The number of nitrogens with zero attached hydrogens (tertiary/aromatic N) is 2. The first-order valence-corrected chi connectivity index (χ1v) is 7.53. The molecular weight excluding hydrogens is 304 g/mol. The molecule has 0 saturated heterocycles. The molecule has 3 rings (SSSR count). The van der Waals surface area contributed by atoms with Crippen LogP contribution in [-0.2, 0) is 0 Å². The quantitative estimate of drug-likeness (QED) is 0.875. The number of carbonyl (C=O) groups is 1. The van der Waals surface area contributed by atoms with E-state index in [0.717, 1.165) is 24.8 Å². The lowest BCUT2D eigenvalue weighted by Crippen LogP contribution is -2.13. The van der Waals surface area contributed by atoms with E-state index in [1.54, 1.807) is 6.07 Å². The third-order valence-electron chi connectivity index (χ3n) is 3.62. The van der Waals surface area contributed by atoms with Gasteiger partial charge in [-0.1, -0.05) is 12.1 Å². The molecule has 2 unspecified atom stereocenters. The van der Waals surface area contributed by atoms with Crippen LogP contribution in [0.5, 0.6) is 5.75 Å². The average Bonchev–Trinajstić information content (AvgIpc) is 2.93. The lowest BCUT2D eigenvalue weighted by Gasteiger charge is -2.16. The van der Waals surface area contributed by atoms with Crippen LogP contribution in [0, 0.1) is 0 Å². The van der Waals surface area contributed by atoms with E-state index in [-0.39, 0.29) is 17.3 Å². The summed E-state index contributed by atoms with van der Waals surface area (Å²) in [7, 11) is 0. The third-order valence-corrected chi connectivity index (χ3v) is 4.02. The minimum absolute atomic E-state index is 0.0874. The number of ether oxygens (including phenoxy) is 1. The molecular formula is C16H15ClN2O3. The van der Waals surface area contributed by atoms with Crippen molar-refractivity contribution in [3.63, 3.8) is 0 Å². The molecule has 5 nitrogen and oxygen atoms in total. The van der Waals surface area contributed by atoms with Gasteiger partial charge in [0.25, 0.3) is 0 Å². The first-order valence-electron chi connectivity index (χ1n) is 7.10. The SMILES string of the molecule is O=C(O)c1nccc(-c2ccccc2OC2CCC(Cl)C2)n1. The van der Waals surface area contributed by atoms with E-state index in [2.05, 4.69) is 9.97 Å². The molecule has 0 radical (unpaired) electrons. The fourth-order valence-corrected chi connectivity index (χ4v) is 2.89. The number of carboxylic acids is 1. The smallest absolute Gasteiger partial charge is 0.373 e. The van der Waals surface area contributed by atoms with Crippen LogP contribution in [-0.4, -0.2) is 32.5 Å². The molecule has 1 aromatic carbocycles. The van der Waals surface area contributed by atoms with E-state index in [4.69, 9.17) is 21.4 Å². The second-order valence-electron chi connectivity index (χ2n) is 5.22. The van der Waals surface area contributed by atoms with Gasteiger partial charge in [0.1, 0.15) is 11.9 Å². The predicted octanol–water partition coefficient (Wildman–Crippen LogP) is 3.38. The van der Waals surface area contributed by atoms with Crippen LogP contribution in [0.2, 0.25) is 0 Å². The number of alkyl halides is 1. The fourth-order valence-electron chi connectivity index (χ4n) is 2.57. The predicted molar refractivity (Wildman–Crippen MR) is 82.3 cm³/mol. The summed E-state index contributed by atoms with van der Waals surface area (Å²) in [6, 6.07) is 9.14. The Bertz CT molecular complexity index is 693. The molecule has 1 heterocycles. The maximum atomic E-state index is 11.0. The molecule has 0 aliphatic heterocycles. The maximum absolute atomic E-state index is 11.0. The Morgan fingerprint density at radius 1 is 1.27 bits per heavy atom. The standard InChI is InChI=1S/C16H15ClN2O3/c17-10-5-6-11(9-10)22-14-4-2-1-3-12(14)13-7-8-18-15(19-13)16(20)21/h1-4,7-8,10-11H,5-6,9H2,(H,20,21).